The summed E-state index contributed by atoms with van der Waals surface area (Å²) in [5.74, 6) is 0. The van der Waals surface area contributed by atoms with Gasteiger partial charge in [0, 0.05) is 0 Å². The zero-order chi connectivity index (χ0) is 8.53. The van der Waals surface area contributed by atoms with Crippen LogP contribution in [0.1, 0.15) is 20.3 Å². The molecule has 0 heterocycles. The molecule has 0 radical (unpaired) electrons. The van der Waals surface area contributed by atoms with Gasteiger partial charge in [0.15, 0.2) is 0 Å². The molecule has 0 atom stereocenters. The molecular formula is C10H16O. The highest BCUT2D eigenvalue weighted by Gasteiger charge is 1.74. The van der Waals surface area contributed by atoms with Crippen molar-refractivity contribution in [2.24, 2.45) is 0 Å². The van der Waals surface area contributed by atoms with E-state index in [1.165, 1.54) is 0 Å². The first-order chi connectivity index (χ1) is 5.27. The number of ether oxygens (including phenoxy) is 1. The van der Waals surface area contributed by atoms with Crippen molar-refractivity contribution >= 4 is 0 Å². The second-order valence-corrected chi connectivity index (χ2v) is 2.36. The Bertz CT molecular complexity index is 154. The minimum absolute atomic E-state index is 0.650. The second-order valence-electron chi connectivity index (χ2n) is 2.36. The van der Waals surface area contributed by atoms with Gasteiger partial charge in [0.05, 0.1) is 6.26 Å². The normalized spacial score (nSPS) is 11.1. The summed E-state index contributed by atoms with van der Waals surface area (Å²) in [6.45, 7) is 8.38. The maximum absolute atomic E-state index is 5.12. The van der Waals surface area contributed by atoms with Crippen LogP contribution >= 0.6 is 0 Å². The highest BCUT2D eigenvalue weighted by molar-refractivity contribution is 5.08. The fraction of sp³-hybridized carbons (Fsp3) is 0.400. The van der Waals surface area contributed by atoms with E-state index in [1.807, 2.05) is 19.1 Å². The van der Waals surface area contributed by atoms with Crippen LogP contribution in [0.2, 0.25) is 0 Å². The van der Waals surface area contributed by atoms with Crippen LogP contribution in [-0.2, 0) is 4.74 Å². The quantitative estimate of drug-likeness (QED) is 0.254. The van der Waals surface area contributed by atoms with Gasteiger partial charge in [-0.25, -0.2) is 0 Å². The molecule has 0 N–H and O–H groups in total. The molecule has 0 aromatic carbocycles. The number of rotatable bonds is 5. The monoisotopic (exact) mass is 152 g/mol. The minimum atomic E-state index is 0.650. The molecule has 0 aliphatic rings. The summed E-state index contributed by atoms with van der Waals surface area (Å²) in [4.78, 5) is 0. The van der Waals surface area contributed by atoms with Gasteiger partial charge in [0.2, 0.25) is 0 Å². The minimum Gasteiger partial charge on any atom is -0.497 e. The molecule has 0 rings (SSSR count). The van der Waals surface area contributed by atoms with Crippen LogP contribution in [-0.4, -0.2) is 6.61 Å². The molecule has 0 unspecified atom stereocenters. The third kappa shape index (κ3) is 9.02. The molecule has 0 spiro atoms. The van der Waals surface area contributed by atoms with Crippen LogP contribution in [0.15, 0.2) is 36.6 Å². The van der Waals surface area contributed by atoms with Gasteiger partial charge in [0.25, 0.3) is 0 Å². The molecule has 0 amide bonds. The Kier molecular flexibility index (Phi) is 6.50. The molecule has 0 aromatic rings. The zero-order valence-electron chi connectivity index (χ0n) is 7.34. The molecule has 0 aliphatic carbocycles. The highest BCUT2D eigenvalue weighted by atomic mass is 16.5. The van der Waals surface area contributed by atoms with Gasteiger partial charge in [-0.15, -0.1) is 0 Å². The van der Waals surface area contributed by atoms with Crippen molar-refractivity contribution in [1.82, 2.24) is 0 Å². The predicted octanol–water partition coefficient (Wildman–Crippen LogP) is 3.06. The van der Waals surface area contributed by atoms with E-state index < -0.39 is 0 Å². The third-order valence-electron chi connectivity index (χ3n) is 1.04. The Morgan fingerprint density at radius 1 is 1.45 bits per heavy atom. The van der Waals surface area contributed by atoms with Crippen molar-refractivity contribution in [2.75, 3.05) is 6.61 Å². The molecule has 1 nitrogen and oxygen atoms in total. The largest absolute Gasteiger partial charge is 0.497 e. The van der Waals surface area contributed by atoms with Crippen molar-refractivity contribution in [1.29, 1.82) is 0 Å². The maximum atomic E-state index is 5.12. The van der Waals surface area contributed by atoms with Crippen LogP contribution in [0, 0.1) is 0 Å². The summed E-state index contributed by atoms with van der Waals surface area (Å²) in [6.07, 6.45) is 8.66. The van der Waals surface area contributed by atoms with Crippen molar-refractivity contribution in [2.45, 2.75) is 20.3 Å². The lowest BCUT2D eigenvalue weighted by molar-refractivity contribution is 0.289. The molecule has 0 aliphatic heterocycles. The smallest absolute Gasteiger partial charge is 0.105 e. The Hall–Kier alpha value is -0.980. The van der Waals surface area contributed by atoms with Crippen molar-refractivity contribution in [3.05, 3.63) is 36.6 Å². The summed E-state index contributed by atoms with van der Waals surface area (Å²) in [5.41, 5.74) is 1.00. The van der Waals surface area contributed by atoms with E-state index in [2.05, 4.69) is 19.6 Å². The zero-order valence-corrected chi connectivity index (χ0v) is 7.34. The molecule has 11 heavy (non-hydrogen) atoms. The third-order valence-corrected chi connectivity index (χ3v) is 1.04. The lowest BCUT2D eigenvalue weighted by Crippen LogP contribution is -1.79. The Labute approximate surface area is 69.1 Å². The lowest BCUT2D eigenvalue weighted by Gasteiger charge is -1.92. The summed E-state index contributed by atoms with van der Waals surface area (Å²) in [7, 11) is 0. The van der Waals surface area contributed by atoms with Gasteiger partial charge in [-0.3, -0.25) is 0 Å². The molecule has 1 heteroatoms. The van der Waals surface area contributed by atoms with Crippen molar-refractivity contribution in [3.63, 3.8) is 0 Å². The van der Waals surface area contributed by atoms with Crippen molar-refractivity contribution in [3.8, 4) is 0 Å². The van der Waals surface area contributed by atoms with E-state index in [0.717, 1.165) is 12.0 Å². The van der Waals surface area contributed by atoms with E-state index in [0.29, 0.717) is 6.61 Å². The lowest BCUT2D eigenvalue weighted by atomic mass is 10.3. The van der Waals surface area contributed by atoms with Crippen LogP contribution in [0.5, 0.6) is 0 Å². The number of hydrogen-bond acceptors (Lipinski definition) is 1. The van der Waals surface area contributed by atoms with Crippen LogP contribution in [0.25, 0.3) is 0 Å². The van der Waals surface area contributed by atoms with Gasteiger partial charge in [-0.1, -0.05) is 31.2 Å². The van der Waals surface area contributed by atoms with Crippen molar-refractivity contribution < 1.29 is 4.74 Å². The Morgan fingerprint density at radius 3 is 2.73 bits per heavy atom. The average molecular weight is 152 g/mol. The SMILES string of the molecule is C=C(C)C=COCC=CCC. The van der Waals surface area contributed by atoms with E-state index in [-0.39, 0.29) is 0 Å². The molecule has 0 fully saturated rings. The Morgan fingerprint density at radius 2 is 2.18 bits per heavy atom. The standard InChI is InChI=1S/C10H16O/c1-4-5-6-8-11-9-7-10(2)3/h5-7,9H,2,4,8H2,1,3H3. The fourth-order valence-corrected chi connectivity index (χ4v) is 0.510. The summed E-state index contributed by atoms with van der Waals surface area (Å²) in [5, 5.41) is 0. The average Bonchev–Trinajstić information content (AvgIpc) is 1.96. The van der Waals surface area contributed by atoms with Gasteiger partial charge in [-0.2, -0.15) is 0 Å². The van der Waals surface area contributed by atoms with E-state index in [1.54, 1.807) is 6.26 Å². The Balaban J connectivity index is 3.27. The molecule has 0 aromatic heterocycles. The summed E-state index contributed by atoms with van der Waals surface area (Å²) < 4.78 is 5.12. The van der Waals surface area contributed by atoms with E-state index in [9.17, 15) is 0 Å². The van der Waals surface area contributed by atoms with Gasteiger partial charge >= 0.3 is 0 Å². The first-order valence-electron chi connectivity index (χ1n) is 3.86. The maximum Gasteiger partial charge on any atom is 0.105 e. The van der Waals surface area contributed by atoms with Gasteiger partial charge < -0.3 is 4.74 Å². The first kappa shape index (κ1) is 10.0. The van der Waals surface area contributed by atoms with Crippen LogP contribution in [0.4, 0.5) is 0 Å². The molecular weight excluding hydrogens is 136 g/mol. The fourth-order valence-electron chi connectivity index (χ4n) is 0.510. The molecule has 0 bridgehead atoms. The molecule has 0 saturated heterocycles. The van der Waals surface area contributed by atoms with E-state index >= 15 is 0 Å². The summed E-state index contributed by atoms with van der Waals surface area (Å²) >= 11 is 0. The van der Waals surface area contributed by atoms with Crippen LogP contribution in [0.3, 0.4) is 0 Å². The van der Waals surface area contributed by atoms with Gasteiger partial charge in [0.1, 0.15) is 6.61 Å². The molecule has 62 valence electrons. The first-order valence-corrected chi connectivity index (χ1v) is 3.86. The summed E-state index contributed by atoms with van der Waals surface area (Å²) in [6, 6.07) is 0. The van der Waals surface area contributed by atoms with Crippen LogP contribution < -0.4 is 0 Å². The number of hydrogen-bond donors (Lipinski definition) is 0. The topological polar surface area (TPSA) is 9.23 Å². The molecule has 0 saturated carbocycles. The predicted molar refractivity (Wildman–Crippen MR) is 49.3 cm³/mol. The number of allylic oxidation sites excluding steroid dienone is 3. The highest BCUT2D eigenvalue weighted by Crippen LogP contribution is 1.89. The van der Waals surface area contributed by atoms with Gasteiger partial charge in [-0.05, 0) is 19.4 Å². The van der Waals surface area contributed by atoms with E-state index in [4.69, 9.17) is 4.74 Å². The second kappa shape index (κ2) is 7.13.